The zero-order valence-electron chi connectivity index (χ0n) is 13.9. The van der Waals surface area contributed by atoms with Crippen molar-refractivity contribution in [2.45, 2.75) is 19.4 Å². The first-order valence-electron chi connectivity index (χ1n) is 7.74. The largest absolute Gasteiger partial charge is 0.384 e. The molecule has 0 aliphatic rings. The molecule has 1 aromatic carbocycles. The quantitative estimate of drug-likeness (QED) is 0.768. The fourth-order valence-corrected chi connectivity index (χ4v) is 2.67. The number of carbonyl (C=O) groups excluding carboxylic acids is 1. The van der Waals surface area contributed by atoms with Crippen molar-refractivity contribution in [3.8, 4) is 0 Å². The maximum Gasteiger partial charge on any atom is 0.252 e. The molecule has 1 atom stereocenters. The predicted molar refractivity (Wildman–Crippen MR) is 91.6 cm³/mol. The average Bonchev–Trinajstić information content (AvgIpc) is 2.94. The Morgan fingerprint density at radius 2 is 2.04 bits per heavy atom. The number of benzene rings is 1. The highest BCUT2D eigenvalue weighted by Gasteiger charge is 2.24. The van der Waals surface area contributed by atoms with Crippen molar-refractivity contribution in [2.24, 2.45) is 7.05 Å². The monoisotopic (exact) mass is 324 g/mol. The second-order valence-electron chi connectivity index (χ2n) is 6.14. The van der Waals surface area contributed by atoms with Gasteiger partial charge in [-0.05, 0) is 25.5 Å². The number of nitrogens with one attached hydrogen (secondary N) is 1. The van der Waals surface area contributed by atoms with E-state index in [0.717, 1.165) is 11.3 Å². The average molecular weight is 324 g/mol. The Labute approximate surface area is 140 Å². The molecular weight excluding hydrogens is 304 g/mol. The van der Waals surface area contributed by atoms with Crippen molar-refractivity contribution in [3.63, 3.8) is 0 Å². The van der Waals surface area contributed by atoms with Gasteiger partial charge in [0.05, 0.1) is 23.7 Å². The van der Waals surface area contributed by atoms with Gasteiger partial charge in [0.15, 0.2) is 5.65 Å². The van der Waals surface area contributed by atoms with Gasteiger partial charge in [-0.15, -0.1) is 0 Å². The van der Waals surface area contributed by atoms with Gasteiger partial charge < -0.3 is 10.4 Å². The van der Waals surface area contributed by atoms with Crippen LogP contribution in [0.3, 0.4) is 0 Å². The van der Waals surface area contributed by atoms with Crippen molar-refractivity contribution in [1.29, 1.82) is 0 Å². The molecule has 2 heterocycles. The number of aromatic nitrogens is 3. The van der Waals surface area contributed by atoms with Crippen LogP contribution in [0, 0.1) is 6.92 Å². The molecule has 0 bridgehead atoms. The first-order valence-corrected chi connectivity index (χ1v) is 7.74. The molecule has 0 aliphatic heterocycles. The molecule has 2 N–H and O–H groups in total. The van der Waals surface area contributed by atoms with E-state index in [-0.39, 0.29) is 12.5 Å². The summed E-state index contributed by atoms with van der Waals surface area (Å²) in [4.78, 5) is 17.0. The molecule has 0 spiro atoms. The van der Waals surface area contributed by atoms with Crippen molar-refractivity contribution >= 4 is 16.9 Å². The number of rotatable bonds is 4. The molecule has 0 fully saturated rings. The molecule has 0 saturated heterocycles. The molecule has 6 heteroatoms. The molecule has 3 rings (SSSR count). The minimum atomic E-state index is -1.15. The van der Waals surface area contributed by atoms with Crippen LogP contribution in [-0.2, 0) is 12.6 Å². The maximum absolute atomic E-state index is 12.6. The number of aliphatic hydroxyl groups is 1. The van der Waals surface area contributed by atoms with Gasteiger partial charge in [-0.25, -0.2) is 4.98 Å². The van der Waals surface area contributed by atoms with Crippen molar-refractivity contribution in [1.82, 2.24) is 20.1 Å². The highest BCUT2D eigenvalue weighted by Crippen LogP contribution is 2.21. The van der Waals surface area contributed by atoms with E-state index in [0.29, 0.717) is 16.6 Å². The molecule has 0 saturated carbocycles. The van der Waals surface area contributed by atoms with Crippen LogP contribution in [0.2, 0.25) is 0 Å². The summed E-state index contributed by atoms with van der Waals surface area (Å²) in [5, 5.41) is 18.3. The lowest BCUT2D eigenvalue weighted by molar-refractivity contribution is 0.0527. The second-order valence-corrected chi connectivity index (χ2v) is 6.14. The lowest BCUT2D eigenvalue weighted by Gasteiger charge is -2.24. The molecule has 0 radical (unpaired) electrons. The van der Waals surface area contributed by atoms with E-state index < -0.39 is 5.60 Å². The molecule has 24 heavy (non-hydrogen) atoms. The summed E-state index contributed by atoms with van der Waals surface area (Å²) in [6, 6.07) is 11.0. The fourth-order valence-electron chi connectivity index (χ4n) is 2.67. The van der Waals surface area contributed by atoms with Crippen LogP contribution in [-0.4, -0.2) is 32.3 Å². The number of carbonyl (C=O) groups is 1. The van der Waals surface area contributed by atoms with Crippen LogP contribution in [0.15, 0.2) is 42.6 Å². The number of fused-ring (bicyclic) bond motifs is 1. The van der Waals surface area contributed by atoms with Crippen molar-refractivity contribution in [2.75, 3.05) is 6.54 Å². The van der Waals surface area contributed by atoms with Crippen LogP contribution in [0.4, 0.5) is 0 Å². The van der Waals surface area contributed by atoms with E-state index in [1.807, 2.05) is 37.3 Å². The fraction of sp³-hybridized carbons (Fsp3) is 0.278. The van der Waals surface area contributed by atoms with Gasteiger partial charge in [-0.2, -0.15) is 5.10 Å². The number of hydrogen-bond acceptors (Lipinski definition) is 4. The number of aryl methyl sites for hydroxylation is 2. The Hall–Kier alpha value is -2.73. The number of hydrogen-bond donors (Lipinski definition) is 2. The van der Waals surface area contributed by atoms with Gasteiger partial charge in [-0.3, -0.25) is 9.48 Å². The van der Waals surface area contributed by atoms with E-state index >= 15 is 0 Å². The summed E-state index contributed by atoms with van der Waals surface area (Å²) in [7, 11) is 1.79. The lowest BCUT2D eigenvalue weighted by Crippen LogP contribution is -2.38. The van der Waals surface area contributed by atoms with E-state index in [4.69, 9.17) is 0 Å². The summed E-state index contributed by atoms with van der Waals surface area (Å²) < 4.78 is 1.64. The molecule has 6 nitrogen and oxygen atoms in total. The van der Waals surface area contributed by atoms with Crippen molar-refractivity contribution in [3.05, 3.63) is 59.4 Å². The molecule has 0 aliphatic carbocycles. The van der Waals surface area contributed by atoms with Crippen molar-refractivity contribution < 1.29 is 9.90 Å². The van der Waals surface area contributed by atoms with Crippen LogP contribution in [0.1, 0.15) is 28.5 Å². The molecule has 124 valence electrons. The zero-order chi connectivity index (χ0) is 17.3. The Balaban J connectivity index is 1.83. The van der Waals surface area contributed by atoms with Gasteiger partial charge >= 0.3 is 0 Å². The standard InChI is InChI=1S/C18H20N4O2/c1-12-9-14(15-10-20-22(3)16(15)21-12)17(23)19-11-18(2,24)13-7-5-4-6-8-13/h4-10,24H,11H2,1-3H3,(H,19,23). The summed E-state index contributed by atoms with van der Waals surface area (Å²) in [6.07, 6.45) is 1.63. The van der Waals surface area contributed by atoms with Crippen LogP contribution in [0.5, 0.6) is 0 Å². The molecular formula is C18H20N4O2. The van der Waals surface area contributed by atoms with E-state index in [1.165, 1.54) is 0 Å². The van der Waals surface area contributed by atoms with Crippen LogP contribution >= 0.6 is 0 Å². The summed E-state index contributed by atoms with van der Waals surface area (Å²) in [5.74, 6) is -0.255. The van der Waals surface area contributed by atoms with E-state index in [1.54, 1.807) is 30.9 Å². The Kier molecular flexibility index (Phi) is 4.07. The van der Waals surface area contributed by atoms with E-state index in [2.05, 4.69) is 15.4 Å². The second kappa shape index (κ2) is 6.05. The third kappa shape index (κ3) is 3.00. The van der Waals surface area contributed by atoms with Gasteiger partial charge in [0.2, 0.25) is 0 Å². The van der Waals surface area contributed by atoms with E-state index in [9.17, 15) is 9.90 Å². The summed E-state index contributed by atoms with van der Waals surface area (Å²) in [5.41, 5.74) is 1.52. The first-order chi connectivity index (χ1) is 11.4. The van der Waals surface area contributed by atoms with Crippen LogP contribution < -0.4 is 5.32 Å². The number of amides is 1. The van der Waals surface area contributed by atoms with Gasteiger partial charge in [0, 0.05) is 12.7 Å². The predicted octanol–water partition coefficient (Wildman–Crippen LogP) is 1.91. The van der Waals surface area contributed by atoms with Gasteiger partial charge in [0.1, 0.15) is 5.60 Å². The summed E-state index contributed by atoms with van der Waals surface area (Å²) in [6.45, 7) is 3.63. The lowest BCUT2D eigenvalue weighted by atomic mass is 9.96. The smallest absolute Gasteiger partial charge is 0.252 e. The Morgan fingerprint density at radius 3 is 2.75 bits per heavy atom. The minimum Gasteiger partial charge on any atom is -0.384 e. The van der Waals surface area contributed by atoms with Gasteiger partial charge in [-0.1, -0.05) is 30.3 Å². The van der Waals surface area contributed by atoms with Crippen LogP contribution in [0.25, 0.3) is 11.0 Å². The zero-order valence-corrected chi connectivity index (χ0v) is 13.9. The normalized spacial score (nSPS) is 13.7. The molecule has 2 aromatic heterocycles. The minimum absolute atomic E-state index is 0.110. The Bertz CT molecular complexity index is 885. The first kappa shape index (κ1) is 16.1. The molecule has 1 unspecified atom stereocenters. The third-order valence-corrected chi connectivity index (χ3v) is 4.07. The topological polar surface area (TPSA) is 80.0 Å². The summed E-state index contributed by atoms with van der Waals surface area (Å²) >= 11 is 0. The Morgan fingerprint density at radius 1 is 1.33 bits per heavy atom. The van der Waals surface area contributed by atoms with Gasteiger partial charge in [0.25, 0.3) is 5.91 Å². The highest BCUT2D eigenvalue weighted by molar-refractivity contribution is 6.05. The molecule has 3 aromatic rings. The third-order valence-electron chi connectivity index (χ3n) is 4.07. The number of pyridine rings is 1. The number of nitrogens with zero attached hydrogens (tertiary/aromatic N) is 3. The molecule has 1 amide bonds. The highest BCUT2D eigenvalue weighted by atomic mass is 16.3. The SMILES string of the molecule is Cc1cc(C(=O)NCC(C)(O)c2ccccc2)c2cnn(C)c2n1. The maximum atomic E-state index is 12.6.